The van der Waals surface area contributed by atoms with Gasteiger partial charge in [-0.25, -0.2) is 0 Å². The first kappa shape index (κ1) is 23.8. The summed E-state index contributed by atoms with van der Waals surface area (Å²) in [5, 5.41) is 15.8. The third kappa shape index (κ3) is 6.32. The predicted molar refractivity (Wildman–Crippen MR) is 115 cm³/mol. The highest BCUT2D eigenvalue weighted by Gasteiger charge is 2.18. The predicted octanol–water partition coefficient (Wildman–Crippen LogP) is 2.17. The van der Waals surface area contributed by atoms with Crippen LogP contribution in [0, 0.1) is 10.1 Å². The van der Waals surface area contributed by atoms with Crippen molar-refractivity contribution in [2.24, 2.45) is 0 Å². The molecule has 1 heterocycles. The van der Waals surface area contributed by atoms with Crippen LogP contribution in [0.5, 0.6) is 11.5 Å². The molecule has 2 aromatic rings. The molecule has 0 saturated carbocycles. The number of nitrogens with one attached hydrogen (secondary N) is 2. The molecule has 1 aliphatic rings. The molecule has 1 unspecified atom stereocenters. The molecule has 0 aromatic heterocycles. The van der Waals surface area contributed by atoms with Crippen LogP contribution in [0.3, 0.4) is 0 Å². The number of ether oxygens (including phenoxy) is 3. The first-order valence-corrected chi connectivity index (χ1v) is 10.2. The second kappa shape index (κ2) is 10.6. The highest BCUT2D eigenvalue weighted by molar-refractivity contribution is 6.32. The van der Waals surface area contributed by atoms with Crippen molar-refractivity contribution < 1.29 is 33.5 Å². The number of halogens is 1. The lowest BCUT2D eigenvalue weighted by Gasteiger charge is -2.21. The van der Waals surface area contributed by atoms with E-state index >= 15 is 0 Å². The van der Waals surface area contributed by atoms with Gasteiger partial charge >= 0.3 is 5.97 Å². The topological polar surface area (TPSA) is 146 Å². The molecule has 3 rings (SSSR count). The Labute approximate surface area is 193 Å². The molecular formula is C21H20ClN3O8. The summed E-state index contributed by atoms with van der Waals surface area (Å²) in [4.78, 5) is 46.2. The van der Waals surface area contributed by atoms with Crippen LogP contribution in [0.25, 0.3) is 0 Å². The maximum absolute atomic E-state index is 12.1. The maximum atomic E-state index is 12.1. The Hall–Kier alpha value is -3.86. The van der Waals surface area contributed by atoms with Crippen molar-refractivity contribution >= 4 is 35.1 Å². The van der Waals surface area contributed by atoms with Crippen LogP contribution in [0.4, 0.5) is 5.69 Å². The Kier molecular flexibility index (Phi) is 7.67. The Bertz CT molecular complexity index is 1090. The van der Waals surface area contributed by atoms with Gasteiger partial charge in [0.1, 0.15) is 24.8 Å². The molecular weight excluding hydrogens is 458 g/mol. The molecule has 11 nitrogen and oxygen atoms in total. The van der Waals surface area contributed by atoms with Gasteiger partial charge in [-0.3, -0.25) is 24.5 Å². The maximum Gasteiger partial charge on any atom is 0.325 e. The fourth-order valence-electron chi connectivity index (χ4n) is 2.94. The molecule has 2 aromatic carbocycles. The highest BCUT2D eigenvalue weighted by atomic mass is 35.5. The minimum absolute atomic E-state index is 0.0510. The smallest absolute Gasteiger partial charge is 0.325 e. The van der Waals surface area contributed by atoms with Crippen LogP contribution >= 0.6 is 11.6 Å². The van der Waals surface area contributed by atoms with E-state index in [1.165, 1.54) is 12.1 Å². The van der Waals surface area contributed by atoms with Crippen molar-refractivity contribution in [2.75, 3.05) is 26.4 Å². The van der Waals surface area contributed by atoms with Gasteiger partial charge in [-0.05, 0) is 36.8 Å². The number of carbonyl (C=O) groups is 3. The summed E-state index contributed by atoms with van der Waals surface area (Å²) >= 11 is 5.70. The van der Waals surface area contributed by atoms with Crippen LogP contribution in [0.2, 0.25) is 5.02 Å². The highest BCUT2D eigenvalue weighted by Crippen LogP contribution is 2.32. The normalized spacial score (nSPS) is 12.9. The fraction of sp³-hybridized carbons (Fsp3) is 0.286. The number of hydrogen-bond donors (Lipinski definition) is 2. The lowest BCUT2D eigenvalue weighted by molar-refractivity contribution is -0.384. The van der Waals surface area contributed by atoms with Crippen molar-refractivity contribution in [1.82, 2.24) is 10.6 Å². The second-order valence-corrected chi connectivity index (χ2v) is 7.37. The van der Waals surface area contributed by atoms with Crippen molar-refractivity contribution in [1.29, 1.82) is 0 Å². The molecule has 33 heavy (non-hydrogen) atoms. The molecule has 0 saturated heterocycles. The van der Waals surface area contributed by atoms with Gasteiger partial charge in [-0.1, -0.05) is 17.7 Å². The molecule has 0 spiro atoms. The minimum Gasteiger partial charge on any atom is -0.486 e. The Morgan fingerprint density at radius 1 is 1.15 bits per heavy atom. The van der Waals surface area contributed by atoms with E-state index in [0.29, 0.717) is 24.7 Å². The van der Waals surface area contributed by atoms with E-state index in [4.69, 9.17) is 25.8 Å². The van der Waals surface area contributed by atoms with Gasteiger partial charge in [0.2, 0.25) is 0 Å². The first-order valence-electron chi connectivity index (χ1n) is 9.81. The minimum atomic E-state index is -0.853. The average molecular weight is 478 g/mol. The van der Waals surface area contributed by atoms with E-state index in [1.807, 2.05) is 0 Å². The average Bonchev–Trinajstić information content (AvgIpc) is 2.80. The number of rotatable bonds is 8. The Morgan fingerprint density at radius 2 is 1.88 bits per heavy atom. The largest absolute Gasteiger partial charge is 0.486 e. The summed E-state index contributed by atoms with van der Waals surface area (Å²) in [6, 6.07) is 8.42. The lowest BCUT2D eigenvalue weighted by atomic mass is 10.1. The monoisotopic (exact) mass is 477 g/mol. The van der Waals surface area contributed by atoms with E-state index in [-0.39, 0.29) is 16.6 Å². The lowest BCUT2D eigenvalue weighted by Crippen LogP contribution is -2.34. The van der Waals surface area contributed by atoms with Gasteiger partial charge in [0.25, 0.3) is 17.5 Å². The molecule has 0 fully saturated rings. The molecule has 0 aliphatic carbocycles. The molecule has 1 atom stereocenters. The van der Waals surface area contributed by atoms with Crippen molar-refractivity contribution in [3.8, 4) is 11.5 Å². The quantitative estimate of drug-likeness (QED) is 0.334. The van der Waals surface area contributed by atoms with Crippen molar-refractivity contribution in [2.45, 2.75) is 13.0 Å². The molecule has 2 amide bonds. The van der Waals surface area contributed by atoms with E-state index in [1.54, 1.807) is 25.1 Å². The number of esters is 1. The van der Waals surface area contributed by atoms with Gasteiger partial charge in [0, 0.05) is 11.6 Å². The molecule has 0 bridgehead atoms. The molecule has 0 radical (unpaired) electrons. The SMILES string of the molecule is CC(NC(=O)COC(=O)CNC(=O)c1ccc(Cl)c([N+](=O)[O-])c1)c1ccc2c(c1)OCCO2. The number of nitro benzene ring substituents is 1. The van der Waals surface area contributed by atoms with Crippen LogP contribution in [0.1, 0.15) is 28.9 Å². The third-order valence-corrected chi connectivity index (χ3v) is 4.93. The number of fused-ring (bicyclic) bond motifs is 1. The number of nitrogens with zero attached hydrogens (tertiary/aromatic N) is 1. The summed E-state index contributed by atoms with van der Waals surface area (Å²) < 4.78 is 15.8. The number of carbonyl (C=O) groups excluding carboxylic acids is 3. The number of amides is 2. The summed E-state index contributed by atoms with van der Waals surface area (Å²) in [6.07, 6.45) is 0. The van der Waals surface area contributed by atoms with Crippen LogP contribution in [0.15, 0.2) is 36.4 Å². The molecule has 1 aliphatic heterocycles. The van der Waals surface area contributed by atoms with E-state index in [2.05, 4.69) is 10.6 Å². The molecule has 174 valence electrons. The second-order valence-electron chi connectivity index (χ2n) is 6.96. The molecule has 2 N–H and O–H groups in total. The molecule has 12 heteroatoms. The van der Waals surface area contributed by atoms with Gasteiger partial charge in [-0.2, -0.15) is 0 Å². The zero-order valence-electron chi connectivity index (χ0n) is 17.5. The van der Waals surface area contributed by atoms with E-state index in [0.717, 1.165) is 11.6 Å². The summed E-state index contributed by atoms with van der Waals surface area (Å²) in [5.41, 5.74) is 0.295. The number of hydrogen-bond acceptors (Lipinski definition) is 8. The standard InChI is InChI=1S/C21H20ClN3O8/c1-12(13-3-5-17-18(9-13)32-7-6-31-17)24-19(26)11-33-20(27)10-23-21(28)14-2-4-15(22)16(8-14)25(29)30/h2-5,8-9,12H,6-7,10-11H2,1H3,(H,23,28)(H,24,26). The third-order valence-electron chi connectivity index (χ3n) is 4.61. The fourth-order valence-corrected chi connectivity index (χ4v) is 3.13. The Balaban J connectivity index is 1.44. The zero-order valence-corrected chi connectivity index (χ0v) is 18.2. The summed E-state index contributed by atoms with van der Waals surface area (Å²) in [6.45, 7) is 1.61. The van der Waals surface area contributed by atoms with Crippen molar-refractivity contribution in [3.63, 3.8) is 0 Å². The van der Waals surface area contributed by atoms with Crippen LogP contribution in [-0.4, -0.2) is 49.1 Å². The number of benzene rings is 2. The summed E-state index contributed by atoms with van der Waals surface area (Å²) in [7, 11) is 0. The van der Waals surface area contributed by atoms with Gasteiger partial charge in [0.15, 0.2) is 18.1 Å². The van der Waals surface area contributed by atoms with Crippen molar-refractivity contribution in [3.05, 3.63) is 62.7 Å². The van der Waals surface area contributed by atoms with Crippen LogP contribution in [-0.2, 0) is 14.3 Å². The summed E-state index contributed by atoms with van der Waals surface area (Å²) in [5.74, 6) is -0.900. The zero-order chi connectivity index (χ0) is 24.0. The van der Waals surface area contributed by atoms with Gasteiger partial charge < -0.3 is 24.8 Å². The van der Waals surface area contributed by atoms with E-state index < -0.39 is 41.5 Å². The van der Waals surface area contributed by atoms with Gasteiger partial charge in [-0.15, -0.1) is 0 Å². The number of nitro groups is 1. The first-order chi connectivity index (χ1) is 15.7. The van der Waals surface area contributed by atoms with E-state index in [9.17, 15) is 24.5 Å². The van der Waals surface area contributed by atoms with Gasteiger partial charge in [0.05, 0.1) is 11.0 Å². The van der Waals surface area contributed by atoms with Crippen LogP contribution < -0.4 is 20.1 Å². The Morgan fingerprint density at radius 3 is 2.61 bits per heavy atom.